The quantitative estimate of drug-likeness (QED) is 0.746. The highest BCUT2D eigenvalue weighted by Crippen LogP contribution is 2.07. The van der Waals surface area contributed by atoms with Gasteiger partial charge in [0.1, 0.15) is 0 Å². The Bertz CT molecular complexity index is 282. The van der Waals surface area contributed by atoms with Crippen LogP contribution in [0.3, 0.4) is 0 Å². The highest BCUT2D eigenvalue weighted by atomic mass is 16.4. The van der Waals surface area contributed by atoms with Crippen molar-refractivity contribution < 1.29 is 15.0 Å². The molecule has 0 aliphatic carbocycles. The maximum absolute atomic E-state index is 10.2. The van der Waals surface area contributed by atoms with Gasteiger partial charge in [0.25, 0.3) is 0 Å². The van der Waals surface area contributed by atoms with Gasteiger partial charge in [-0.1, -0.05) is 30.3 Å². The average molecular weight is 194 g/mol. The molecule has 1 unspecified atom stereocenters. The van der Waals surface area contributed by atoms with Crippen LogP contribution in [-0.4, -0.2) is 22.3 Å². The third-order valence-electron chi connectivity index (χ3n) is 2.01. The van der Waals surface area contributed by atoms with E-state index in [0.717, 1.165) is 5.56 Å². The van der Waals surface area contributed by atoms with Crippen molar-refractivity contribution in [2.75, 3.05) is 0 Å². The molecule has 0 saturated carbocycles. The number of hydrogen-bond donors (Lipinski definition) is 2. The first-order valence-electron chi connectivity index (χ1n) is 4.62. The van der Waals surface area contributed by atoms with Crippen LogP contribution < -0.4 is 0 Å². The zero-order valence-electron chi connectivity index (χ0n) is 7.89. The fourth-order valence-corrected chi connectivity index (χ4v) is 1.28. The van der Waals surface area contributed by atoms with Crippen LogP contribution in [0.25, 0.3) is 0 Å². The molecule has 0 aromatic heterocycles. The summed E-state index contributed by atoms with van der Waals surface area (Å²) >= 11 is 0. The molecule has 0 spiro atoms. The number of aliphatic carboxylic acids is 1. The Morgan fingerprint density at radius 2 is 1.93 bits per heavy atom. The first-order chi connectivity index (χ1) is 6.68. The molecule has 1 aromatic carbocycles. The Kier molecular flexibility index (Phi) is 4.13. The van der Waals surface area contributed by atoms with E-state index < -0.39 is 12.1 Å². The van der Waals surface area contributed by atoms with Crippen LogP contribution in [0.2, 0.25) is 0 Å². The first-order valence-corrected chi connectivity index (χ1v) is 4.62. The SMILES string of the molecule is O=C(O)CCC(O)Cc1ccccc1. The van der Waals surface area contributed by atoms with Gasteiger partial charge in [-0.2, -0.15) is 0 Å². The van der Waals surface area contributed by atoms with E-state index in [1.165, 1.54) is 0 Å². The van der Waals surface area contributed by atoms with Gasteiger partial charge in [0, 0.05) is 6.42 Å². The van der Waals surface area contributed by atoms with Crippen molar-refractivity contribution in [3.05, 3.63) is 35.9 Å². The minimum Gasteiger partial charge on any atom is -0.481 e. The van der Waals surface area contributed by atoms with Crippen molar-refractivity contribution in [3.63, 3.8) is 0 Å². The highest BCUT2D eigenvalue weighted by Gasteiger charge is 2.07. The van der Waals surface area contributed by atoms with E-state index in [1.54, 1.807) is 0 Å². The molecule has 0 bridgehead atoms. The van der Waals surface area contributed by atoms with Gasteiger partial charge in [-0.25, -0.2) is 0 Å². The normalized spacial score (nSPS) is 12.4. The molecule has 1 rings (SSSR count). The monoisotopic (exact) mass is 194 g/mol. The van der Waals surface area contributed by atoms with Crippen LogP contribution in [0, 0.1) is 0 Å². The molecule has 0 saturated heterocycles. The number of rotatable bonds is 5. The van der Waals surface area contributed by atoms with Crippen molar-refractivity contribution >= 4 is 5.97 Å². The summed E-state index contributed by atoms with van der Waals surface area (Å²) < 4.78 is 0. The maximum atomic E-state index is 10.2. The van der Waals surface area contributed by atoms with Crippen LogP contribution in [0.5, 0.6) is 0 Å². The van der Waals surface area contributed by atoms with E-state index in [0.29, 0.717) is 12.8 Å². The van der Waals surface area contributed by atoms with Gasteiger partial charge in [-0.15, -0.1) is 0 Å². The average Bonchev–Trinajstić information content (AvgIpc) is 2.16. The Labute approximate surface area is 83.0 Å². The maximum Gasteiger partial charge on any atom is 0.303 e. The lowest BCUT2D eigenvalue weighted by Crippen LogP contribution is -2.12. The lowest BCUT2D eigenvalue weighted by molar-refractivity contribution is -0.137. The Morgan fingerprint density at radius 1 is 1.29 bits per heavy atom. The van der Waals surface area contributed by atoms with Gasteiger partial charge < -0.3 is 10.2 Å². The number of benzene rings is 1. The fourth-order valence-electron chi connectivity index (χ4n) is 1.28. The van der Waals surface area contributed by atoms with Crippen LogP contribution in [0.4, 0.5) is 0 Å². The highest BCUT2D eigenvalue weighted by molar-refractivity contribution is 5.66. The second kappa shape index (κ2) is 5.40. The Balaban J connectivity index is 2.34. The van der Waals surface area contributed by atoms with Gasteiger partial charge in [-0.05, 0) is 18.4 Å². The molecule has 0 fully saturated rings. The van der Waals surface area contributed by atoms with E-state index in [9.17, 15) is 9.90 Å². The smallest absolute Gasteiger partial charge is 0.303 e. The summed E-state index contributed by atoms with van der Waals surface area (Å²) in [7, 11) is 0. The molecule has 0 aliphatic heterocycles. The van der Waals surface area contributed by atoms with Crippen molar-refractivity contribution in [1.82, 2.24) is 0 Å². The fraction of sp³-hybridized carbons (Fsp3) is 0.364. The summed E-state index contributed by atoms with van der Waals surface area (Å²) in [6.07, 6.45) is 0.292. The zero-order chi connectivity index (χ0) is 10.4. The third-order valence-corrected chi connectivity index (χ3v) is 2.01. The predicted molar refractivity (Wildman–Crippen MR) is 53.0 cm³/mol. The van der Waals surface area contributed by atoms with Gasteiger partial charge in [0.15, 0.2) is 0 Å². The molecule has 1 aromatic rings. The summed E-state index contributed by atoms with van der Waals surface area (Å²) in [5.41, 5.74) is 1.03. The lowest BCUT2D eigenvalue weighted by atomic mass is 10.0. The largest absolute Gasteiger partial charge is 0.481 e. The summed E-state index contributed by atoms with van der Waals surface area (Å²) in [6.45, 7) is 0. The van der Waals surface area contributed by atoms with Gasteiger partial charge in [0.2, 0.25) is 0 Å². The van der Waals surface area contributed by atoms with Crippen molar-refractivity contribution in [3.8, 4) is 0 Å². The summed E-state index contributed by atoms with van der Waals surface area (Å²) in [6, 6.07) is 9.56. The molecule has 3 heteroatoms. The molecule has 0 amide bonds. The van der Waals surface area contributed by atoms with E-state index in [2.05, 4.69) is 0 Å². The number of carboxylic acid groups (broad SMARTS) is 1. The van der Waals surface area contributed by atoms with Gasteiger partial charge in [0.05, 0.1) is 6.10 Å². The van der Waals surface area contributed by atoms with E-state index >= 15 is 0 Å². The number of hydrogen-bond acceptors (Lipinski definition) is 2. The first kappa shape index (κ1) is 10.7. The van der Waals surface area contributed by atoms with Crippen molar-refractivity contribution in [2.45, 2.75) is 25.4 Å². The van der Waals surface area contributed by atoms with Crippen LogP contribution in [-0.2, 0) is 11.2 Å². The zero-order valence-corrected chi connectivity index (χ0v) is 7.89. The van der Waals surface area contributed by atoms with Crippen molar-refractivity contribution in [1.29, 1.82) is 0 Å². The lowest BCUT2D eigenvalue weighted by Gasteiger charge is -2.08. The molecule has 0 heterocycles. The molecular formula is C11H14O3. The Morgan fingerprint density at radius 3 is 2.50 bits per heavy atom. The van der Waals surface area contributed by atoms with Crippen LogP contribution in [0.1, 0.15) is 18.4 Å². The second-order valence-corrected chi connectivity index (χ2v) is 3.28. The second-order valence-electron chi connectivity index (χ2n) is 3.28. The molecule has 0 radical (unpaired) electrons. The third kappa shape index (κ3) is 4.05. The molecule has 1 atom stereocenters. The van der Waals surface area contributed by atoms with Gasteiger partial charge in [-0.3, -0.25) is 4.79 Å². The molecule has 2 N–H and O–H groups in total. The summed E-state index contributed by atoms with van der Waals surface area (Å²) in [5.74, 6) is -0.864. The topological polar surface area (TPSA) is 57.5 Å². The molecular weight excluding hydrogens is 180 g/mol. The summed E-state index contributed by atoms with van der Waals surface area (Å²) in [5, 5.41) is 17.9. The van der Waals surface area contributed by atoms with E-state index in [1.807, 2.05) is 30.3 Å². The molecule has 14 heavy (non-hydrogen) atoms. The van der Waals surface area contributed by atoms with Crippen LogP contribution >= 0.6 is 0 Å². The van der Waals surface area contributed by atoms with Crippen molar-refractivity contribution in [2.24, 2.45) is 0 Å². The minimum absolute atomic E-state index is 0.0218. The Hall–Kier alpha value is -1.35. The molecule has 0 aliphatic rings. The number of aliphatic hydroxyl groups excluding tert-OH is 1. The molecule has 3 nitrogen and oxygen atoms in total. The minimum atomic E-state index is -0.864. The molecule has 76 valence electrons. The number of carboxylic acids is 1. The van der Waals surface area contributed by atoms with E-state index in [-0.39, 0.29) is 6.42 Å². The number of carbonyl (C=O) groups is 1. The number of aliphatic hydroxyl groups is 1. The van der Waals surface area contributed by atoms with E-state index in [4.69, 9.17) is 5.11 Å². The van der Waals surface area contributed by atoms with Crippen LogP contribution in [0.15, 0.2) is 30.3 Å². The standard InChI is InChI=1S/C11H14O3/c12-10(6-7-11(13)14)8-9-4-2-1-3-5-9/h1-5,10,12H,6-8H2,(H,13,14). The predicted octanol–water partition coefficient (Wildman–Crippen LogP) is 1.45. The summed E-state index contributed by atoms with van der Waals surface area (Å²) in [4.78, 5) is 10.2. The van der Waals surface area contributed by atoms with Gasteiger partial charge >= 0.3 is 5.97 Å².